The van der Waals surface area contributed by atoms with Gasteiger partial charge in [0.1, 0.15) is 112 Å². The van der Waals surface area contributed by atoms with Gasteiger partial charge in [-0.25, -0.2) is 47.6 Å². The third-order valence-electron chi connectivity index (χ3n) is 23.0. The molecule has 4 aliphatic rings. The largest absolute Gasteiger partial charge is 0.441 e. The number of aromatic nitrogens is 6. The number of nitrogen functional groups attached to an aromatic ring is 1. The number of benzene rings is 2. The molecular weight excluding hydrogens is 1960 g/mol. The minimum Gasteiger partial charge on any atom is -0.441 e. The van der Waals surface area contributed by atoms with E-state index < -0.39 is 272 Å². The molecule has 3 aliphatic heterocycles. The number of hydrogen-bond donors (Lipinski definition) is 30. The van der Waals surface area contributed by atoms with Crippen LogP contribution < -0.4 is 98.4 Å². The van der Waals surface area contributed by atoms with Gasteiger partial charge in [0.25, 0.3) is 21.8 Å². The molecule has 786 valence electrons. The van der Waals surface area contributed by atoms with E-state index >= 15 is 9.59 Å². The highest BCUT2D eigenvalue weighted by molar-refractivity contribution is 7.90. The fraction of sp³-hybridized carbons (Fsp3) is 0.583. The Kier molecular flexibility index (Phi) is 44.0. The van der Waals surface area contributed by atoms with Crippen molar-refractivity contribution in [1.29, 1.82) is 0 Å². The number of halogens is 1. The van der Waals surface area contributed by atoms with E-state index in [4.69, 9.17) is 90.6 Å². The smallest absolute Gasteiger partial charge is 0.404 e. The number of primary amides is 3. The topological polar surface area (TPSA) is 901 Å². The summed E-state index contributed by atoms with van der Waals surface area (Å²) in [5.74, 6) is -8.65. The van der Waals surface area contributed by atoms with Crippen molar-refractivity contribution in [2.45, 2.75) is 262 Å². The lowest BCUT2D eigenvalue weighted by Crippen LogP contribution is -2.65. The average molecular weight is 2080 g/mol. The number of unbranched alkanes of at least 4 members (excludes halogenated alkanes) is 1. The van der Waals surface area contributed by atoms with Gasteiger partial charge in [0.05, 0.1) is 79.0 Å². The summed E-state index contributed by atoms with van der Waals surface area (Å²) in [6.07, 6.45) is -31.6. The Labute approximate surface area is 825 Å². The molecule has 0 saturated carbocycles. The number of sulfonamides is 1. The molecular formula is C84H125ClN24O30S3. The van der Waals surface area contributed by atoms with Crippen molar-refractivity contribution in [1.82, 2.24) is 77.2 Å². The van der Waals surface area contributed by atoms with Gasteiger partial charge in [-0.15, -0.1) is 22.7 Å². The number of fused-ring (bicyclic) bond motifs is 1. The highest BCUT2D eigenvalue weighted by Gasteiger charge is 2.54. The van der Waals surface area contributed by atoms with Crippen LogP contribution in [-0.4, -0.2) is 347 Å². The first-order valence-electron chi connectivity index (χ1n) is 45.0. The van der Waals surface area contributed by atoms with E-state index in [1.165, 1.54) is 36.2 Å². The molecule has 54 nitrogen and oxygen atoms in total. The number of aromatic amines is 1. The SMILES string of the molecule is Cc1c(N)nc(C(CC(N)=O)NCC(N)C(N)=O)nc1C(=O)NC(C(=O)NC(C)C(O)CC(=O)NC(C(=O)NC(O[C@@H]1O[C@@H](C)[C@@H](N)[C@@H](O)[C@H]1O)C(O)c1nc(-c2nc(C(=O)NCCCC(N)CC(=O)NCCCNCCCCN)cs2)cs1)C(C)O)C(O[C@@H]1O[C@@H](CO)[C@@H](O)[C@H](O)[C@@H]1O[C@H]1O[C@H](CO)[C@@H](O)[C@H](OC(N)=O)[C@@H]1O)c1c[nH]cn1.O=C(Nc1ccc(Cl)cc1)NS(=O)(=O)c1ccc2c(c1)CCC2. The Morgan fingerprint density at radius 1 is 0.690 bits per heavy atom. The number of anilines is 2. The molecule has 4 aromatic heterocycles. The van der Waals surface area contributed by atoms with Crippen molar-refractivity contribution in [2.24, 2.45) is 40.1 Å². The van der Waals surface area contributed by atoms with Crippen LogP contribution >= 0.6 is 34.3 Å². The number of aliphatic hydroxyl groups is 11. The Morgan fingerprint density at radius 3 is 2.04 bits per heavy atom. The zero-order valence-corrected chi connectivity index (χ0v) is 80.6. The first-order chi connectivity index (χ1) is 67.3. The van der Waals surface area contributed by atoms with Crippen LogP contribution in [0.15, 0.2) is 70.6 Å². The molecule has 26 atom stereocenters. The molecule has 11 unspecified atom stereocenters. The number of thiazole rings is 2. The minimum absolute atomic E-state index is 0.00951. The molecule has 0 spiro atoms. The van der Waals surface area contributed by atoms with Gasteiger partial charge in [0.2, 0.25) is 35.4 Å². The number of carbonyl (C=O) groups is 10. The molecule has 38 N–H and O–H groups in total. The monoisotopic (exact) mass is 2080 g/mol. The summed E-state index contributed by atoms with van der Waals surface area (Å²) in [5.41, 5.74) is 47.7. The van der Waals surface area contributed by atoms with Gasteiger partial charge in [0.15, 0.2) is 37.3 Å². The highest BCUT2D eigenvalue weighted by atomic mass is 35.5. The number of nitrogens with zero attached hydrogens (tertiary/aromatic N) is 5. The predicted octanol–water partition coefficient (Wildman–Crippen LogP) is -7.92. The van der Waals surface area contributed by atoms with Gasteiger partial charge in [0, 0.05) is 71.7 Å². The van der Waals surface area contributed by atoms with E-state index in [1.807, 2.05) is 10.8 Å². The number of nitrogens with two attached hydrogens (primary N) is 8. The van der Waals surface area contributed by atoms with Gasteiger partial charge in [-0.1, -0.05) is 17.7 Å². The molecule has 6 aromatic rings. The molecule has 7 heterocycles. The number of rotatable bonds is 50. The first-order valence-corrected chi connectivity index (χ1v) is 48.7. The summed E-state index contributed by atoms with van der Waals surface area (Å²) >= 11 is 7.59. The molecule has 0 bridgehead atoms. The quantitative estimate of drug-likeness (QED) is 0.0125. The molecule has 1 aliphatic carbocycles. The Hall–Kier alpha value is -10.6. The summed E-state index contributed by atoms with van der Waals surface area (Å²) in [6.45, 7) is 5.32. The average Bonchev–Trinajstić information content (AvgIpc) is 0.813. The Morgan fingerprint density at radius 2 is 1.37 bits per heavy atom. The third kappa shape index (κ3) is 32.5. The van der Waals surface area contributed by atoms with Crippen molar-refractivity contribution in [3.8, 4) is 10.7 Å². The van der Waals surface area contributed by atoms with E-state index in [9.17, 15) is 103 Å². The Balaban J connectivity index is 0.000000847. The van der Waals surface area contributed by atoms with Gasteiger partial charge in [-0.05, 0) is 146 Å². The fourth-order valence-corrected chi connectivity index (χ4v) is 17.7. The third-order valence-corrected chi connectivity index (χ3v) is 26.4. The molecule has 2 aromatic carbocycles. The number of nitrogens with one attached hydrogen (secondary N) is 11. The zero-order chi connectivity index (χ0) is 104. The second-order valence-corrected chi connectivity index (χ2v) is 37.8. The highest BCUT2D eigenvalue weighted by Crippen LogP contribution is 2.37. The van der Waals surface area contributed by atoms with Crippen molar-refractivity contribution in [3.63, 3.8) is 0 Å². The minimum atomic E-state index is -3.90. The van der Waals surface area contributed by atoms with Crippen LogP contribution in [0.1, 0.15) is 151 Å². The second kappa shape index (κ2) is 54.4. The molecule has 0 radical (unpaired) electrons. The number of urea groups is 1. The summed E-state index contributed by atoms with van der Waals surface area (Å²) in [4.78, 5) is 157. The summed E-state index contributed by atoms with van der Waals surface area (Å²) in [7, 11) is -3.90. The lowest BCUT2D eigenvalue weighted by molar-refractivity contribution is -0.372. The number of ether oxygens (including phenoxy) is 7. The zero-order valence-electron chi connectivity index (χ0n) is 77.4. The normalized spacial score (nSPS) is 24.0. The van der Waals surface area contributed by atoms with Crippen molar-refractivity contribution in [2.75, 3.05) is 63.5 Å². The fourth-order valence-electron chi connectivity index (χ4n) is 14.9. The number of imidazole rings is 1. The lowest BCUT2D eigenvalue weighted by atomic mass is 9.97. The summed E-state index contributed by atoms with van der Waals surface area (Å²) in [6, 6.07) is 0.324. The first kappa shape index (κ1) is 115. The van der Waals surface area contributed by atoms with Crippen LogP contribution in [0.2, 0.25) is 5.02 Å². The molecule has 10 rings (SSSR count). The molecule has 3 fully saturated rings. The van der Waals surface area contributed by atoms with Crippen LogP contribution in [0.5, 0.6) is 0 Å². The number of amides is 11. The number of hydrogen-bond acceptors (Lipinski definition) is 44. The number of aryl methyl sites for hydroxylation is 2. The maximum absolute atomic E-state index is 15.3. The van der Waals surface area contributed by atoms with Crippen LogP contribution in [-0.2, 0) is 84.8 Å². The Bertz CT molecular complexity index is 5300. The van der Waals surface area contributed by atoms with Crippen molar-refractivity contribution >= 4 is 115 Å². The summed E-state index contributed by atoms with van der Waals surface area (Å²) in [5, 5.41) is 150. The maximum atomic E-state index is 15.3. The number of H-pyrrole nitrogens is 1. The molecule has 11 amide bonds. The summed E-state index contributed by atoms with van der Waals surface area (Å²) < 4.78 is 67.1. The molecule has 58 heteroatoms. The van der Waals surface area contributed by atoms with E-state index in [0.29, 0.717) is 36.6 Å². The van der Waals surface area contributed by atoms with E-state index in [2.05, 4.69) is 77.8 Å². The van der Waals surface area contributed by atoms with Gasteiger partial charge < -0.3 is 188 Å². The van der Waals surface area contributed by atoms with Crippen LogP contribution in [0.4, 0.5) is 21.1 Å². The van der Waals surface area contributed by atoms with Gasteiger partial charge in [-0.2, -0.15) is 0 Å². The van der Waals surface area contributed by atoms with Gasteiger partial charge >= 0.3 is 12.1 Å². The lowest BCUT2D eigenvalue weighted by Gasteiger charge is -2.47. The van der Waals surface area contributed by atoms with Crippen LogP contribution in [0, 0.1) is 6.92 Å². The van der Waals surface area contributed by atoms with E-state index in [0.717, 1.165) is 106 Å². The number of carbonyl (C=O) groups excluding carboxylic acids is 10. The maximum Gasteiger partial charge on any atom is 0.404 e. The predicted molar refractivity (Wildman–Crippen MR) is 501 cm³/mol. The number of aliphatic hydroxyl groups excluding tert-OH is 11. The van der Waals surface area contributed by atoms with E-state index in [1.54, 1.807) is 30.3 Å². The van der Waals surface area contributed by atoms with E-state index in [-0.39, 0.29) is 56.4 Å². The standard InChI is InChI=1S/C68H110N22O27S2.C16H15ClN2O3S/c1-25-42(87-57(89-55(25)74)31(16-38(72)95)81-18-30(71)56(75)105)59(107)88-44(52(32-19-78-24-82-32)114-67-54(48(101)45(98)36(20-91)113-67)115-66-50(103)53(116-68(76)110)46(99)37(21-92)112-66)61(109)83-26(2)35(94)17-40(97)86-43(27(3)93)60(108)90-62(117-65-49(102)47(100)41(73)28(4)111-65)51(104)64-85-34(23-119-64)63-84-33(22-118-63)58(106)80-13-7-9-29(70)15-39(96)79-14-8-12-77-11-6-5-10-69;17-13-5-7-14(8-6-13)18-16(20)19-23(21,22)15-9-4-11-2-1-3-12(11)10-15/h19,22-24,26-31,35-37,41,43-54,62,65-67,77,81,91-94,98-104H,5-18,20-21,69-71,73H2,1-4H3,(H2,72,95)(H2,75,105)(H2,76,110)(H,78,82)(H,79,96)(H,80,106)(H,83,109)(H,86,97)(H,88,107)(H,90,108)(H2,74,87,89);4-10H,1-3H2,(H2,18,19,20)/t26?,27?,28-,29?,30?,31?,35?,36-,37+,41+,43?,44?,45+,46+,47+,48-,49+,50-,51?,52?,53-,54-,62?,65-,66+,67-;/m0./s1. The second-order valence-electron chi connectivity index (χ2n) is 33.9. The van der Waals surface area contributed by atoms with Crippen molar-refractivity contribution < 1.29 is 146 Å². The molecule has 142 heavy (non-hydrogen) atoms. The molecule has 3 saturated heterocycles. The van der Waals surface area contributed by atoms with Crippen molar-refractivity contribution in [3.05, 3.63) is 115 Å². The van der Waals surface area contributed by atoms with Crippen LogP contribution in [0.3, 0.4) is 0 Å². The van der Waals surface area contributed by atoms with Gasteiger partial charge in [-0.3, -0.25) is 38.4 Å². The van der Waals surface area contributed by atoms with Crippen LogP contribution in [0.25, 0.3) is 10.7 Å².